The number of nitro benzene ring substituents is 1. The van der Waals surface area contributed by atoms with Crippen LogP contribution in [-0.2, 0) is 6.42 Å². The maximum atomic E-state index is 11.1. The molecule has 19 heavy (non-hydrogen) atoms. The van der Waals surface area contributed by atoms with Gasteiger partial charge in [0.2, 0.25) is 0 Å². The Morgan fingerprint density at radius 1 is 1.42 bits per heavy atom. The highest BCUT2D eigenvalue weighted by molar-refractivity contribution is 7.15. The van der Waals surface area contributed by atoms with Crippen molar-refractivity contribution in [3.63, 3.8) is 0 Å². The van der Waals surface area contributed by atoms with Crippen molar-refractivity contribution in [3.8, 4) is 10.6 Å². The fourth-order valence-corrected chi connectivity index (χ4v) is 3.59. The van der Waals surface area contributed by atoms with Gasteiger partial charge in [0, 0.05) is 17.0 Å². The van der Waals surface area contributed by atoms with E-state index in [9.17, 15) is 10.1 Å². The first-order valence-corrected chi connectivity index (χ1v) is 6.97. The zero-order valence-electron chi connectivity index (χ0n) is 10.2. The van der Waals surface area contributed by atoms with Gasteiger partial charge in [0.1, 0.15) is 5.01 Å². The summed E-state index contributed by atoms with van der Waals surface area (Å²) in [7, 11) is 0. The summed E-state index contributed by atoms with van der Waals surface area (Å²) in [5.74, 6) is 0. The molecule has 0 bridgehead atoms. The summed E-state index contributed by atoms with van der Waals surface area (Å²) in [5.41, 5.74) is 7.65. The number of aryl methyl sites for hydroxylation is 1. The third-order valence-electron chi connectivity index (χ3n) is 3.33. The van der Waals surface area contributed by atoms with Crippen LogP contribution in [0.5, 0.6) is 0 Å². The third kappa shape index (κ3) is 2.13. The van der Waals surface area contributed by atoms with E-state index in [1.54, 1.807) is 18.2 Å². The second-order valence-electron chi connectivity index (χ2n) is 4.60. The number of nitrogens with two attached hydrogens (primary N) is 1. The minimum atomic E-state index is -0.365. The molecule has 0 radical (unpaired) electrons. The van der Waals surface area contributed by atoms with E-state index >= 15 is 0 Å². The van der Waals surface area contributed by atoms with Crippen molar-refractivity contribution in [2.24, 2.45) is 5.73 Å². The van der Waals surface area contributed by atoms with Gasteiger partial charge in [-0.25, -0.2) is 4.98 Å². The fraction of sp³-hybridized carbons (Fsp3) is 0.308. The smallest absolute Gasteiger partial charge is 0.279 e. The molecule has 1 unspecified atom stereocenters. The molecule has 98 valence electrons. The van der Waals surface area contributed by atoms with Crippen LogP contribution >= 0.6 is 11.3 Å². The van der Waals surface area contributed by atoms with Crippen molar-refractivity contribution >= 4 is 17.0 Å². The number of hydrogen-bond donors (Lipinski definition) is 1. The SMILES string of the molecule is NC1CCCc2sc(-c3ccccc3[N+](=O)[O-])nc21. The maximum Gasteiger partial charge on any atom is 0.279 e. The number of nitro groups is 1. The van der Waals surface area contributed by atoms with Gasteiger partial charge in [-0.15, -0.1) is 11.3 Å². The lowest BCUT2D eigenvalue weighted by Crippen LogP contribution is -2.16. The van der Waals surface area contributed by atoms with Gasteiger partial charge in [0.05, 0.1) is 16.2 Å². The van der Waals surface area contributed by atoms with E-state index in [1.807, 2.05) is 0 Å². The lowest BCUT2D eigenvalue weighted by atomic mass is 9.99. The molecule has 1 aliphatic rings. The van der Waals surface area contributed by atoms with Crippen LogP contribution in [0.2, 0.25) is 0 Å². The van der Waals surface area contributed by atoms with E-state index in [0.29, 0.717) is 10.6 Å². The first-order chi connectivity index (χ1) is 9.16. The van der Waals surface area contributed by atoms with E-state index in [4.69, 9.17) is 5.73 Å². The second-order valence-corrected chi connectivity index (χ2v) is 5.68. The first kappa shape index (κ1) is 12.3. The van der Waals surface area contributed by atoms with Crippen LogP contribution < -0.4 is 5.73 Å². The van der Waals surface area contributed by atoms with Gasteiger partial charge in [-0.1, -0.05) is 12.1 Å². The Balaban J connectivity index is 2.11. The Hall–Kier alpha value is -1.79. The largest absolute Gasteiger partial charge is 0.323 e. The Morgan fingerprint density at radius 2 is 2.21 bits per heavy atom. The van der Waals surface area contributed by atoms with Crippen LogP contribution in [0.25, 0.3) is 10.6 Å². The van der Waals surface area contributed by atoms with Gasteiger partial charge in [0.15, 0.2) is 0 Å². The summed E-state index contributed by atoms with van der Waals surface area (Å²) in [5, 5.41) is 11.8. The van der Waals surface area contributed by atoms with Crippen molar-refractivity contribution in [1.82, 2.24) is 4.98 Å². The Morgan fingerprint density at radius 3 is 2.95 bits per heavy atom. The first-order valence-electron chi connectivity index (χ1n) is 6.16. The Bertz CT molecular complexity index is 639. The predicted molar refractivity (Wildman–Crippen MR) is 74.1 cm³/mol. The monoisotopic (exact) mass is 275 g/mol. The number of hydrogen-bond acceptors (Lipinski definition) is 5. The number of thiazole rings is 1. The summed E-state index contributed by atoms with van der Waals surface area (Å²) >= 11 is 1.53. The molecule has 1 aromatic heterocycles. The van der Waals surface area contributed by atoms with Gasteiger partial charge < -0.3 is 5.73 Å². The van der Waals surface area contributed by atoms with Gasteiger partial charge in [-0.05, 0) is 25.3 Å². The Kier molecular flexibility index (Phi) is 3.04. The van der Waals surface area contributed by atoms with Crippen LogP contribution in [0, 0.1) is 10.1 Å². The zero-order chi connectivity index (χ0) is 13.4. The van der Waals surface area contributed by atoms with E-state index in [2.05, 4.69) is 4.98 Å². The Labute approximate surface area is 114 Å². The number of rotatable bonds is 2. The topological polar surface area (TPSA) is 82.0 Å². The highest BCUT2D eigenvalue weighted by Crippen LogP contribution is 2.38. The maximum absolute atomic E-state index is 11.1. The number of fused-ring (bicyclic) bond motifs is 1. The molecule has 0 spiro atoms. The highest BCUT2D eigenvalue weighted by Gasteiger charge is 2.24. The quantitative estimate of drug-likeness (QED) is 0.674. The summed E-state index contributed by atoms with van der Waals surface area (Å²) in [4.78, 5) is 16.4. The molecule has 0 saturated heterocycles. The van der Waals surface area contributed by atoms with Crippen LogP contribution in [0.1, 0.15) is 29.5 Å². The van der Waals surface area contributed by atoms with E-state index < -0.39 is 0 Å². The van der Waals surface area contributed by atoms with Crippen molar-refractivity contribution in [3.05, 3.63) is 45.0 Å². The van der Waals surface area contributed by atoms with Gasteiger partial charge in [0.25, 0.3) is 5.69 Å². The van der Waals surface area contributed by atoms with Crippen molar-refractivity contribution in [2.75, 3.05) is 0 Å². The molecule has 6 heteroatoms. The van der Waals surface area contributed by atoms with Crippen LogP contribution in [0.15, 0.2) is 24.3 Å². The molecule has 1 aliphatic carbocycles. The highest BCUT2D eigenvalue weighted by atomic mass is 32.1. The molecule has 1 atom stereocenters. The predicted octanol–water partition coefficient (Wildman–Crippen LogP) is 3.05. The second kappa shape index (κ2) is 4.71. The summed E-state index contributed by atoms with van der Waals surface area (Å²) in [6.45, 7) is 0. The molecular weight excluding hydrogens is 262 g/mol. The van der Waals surface area contributed by atoms with Crippen LogP contribution in [0.4, 0.5) is 5.69 Å². The van der Waals surface area contributed by atoms with Crippen molar-refractivity contribution < 1.29 is 4.92 Å². The molecule has 3 rings (SSSR count). The molecule has 5 nitrogen and oxygen atoms in total. The number of benzene rings is 1. The number of para-hydroxylation sites is 1. The third-order valence-corrected chi connectivity index (χ3v) is 4.49. The van der Waals surface area contributed by atoms with Crippen molar-refractivity contribution in [2.45, 2.75) is 25.3 Å². The van der Waals surface area contributed by atoms with E-state index in [-0.39, 0.29) is 16.7 Å². The van der Waals surface area contributed by atoms with Crippen LogP contribution in [-0.4, -0.2) is 9.91 Å². The fourth-order valence-electron chi connectivity index (χ4n) is 2.38. The van der Waals surface area contributed by atoms with Crippen LogP contribution in [0.3, 0.4) is 0 Å². The van der Waals surface area contributed by atoms with E-state index in [1.165, 1.54) is 22.3 Å². The van der Waals surface area contributed by atoms with Gasteiger partial charge in [-0.2, -0.15) is 0 Å². The summed E-state index contributed by atoms with van der Waals surface area (Å²) in [6.07, 6.45) is 2.97. The molecule has 2 aromatic rings. The molecule has 0 amide bonds. The molecule has 0 fully saturated rings. The molecule has 0 aliphatic heterocycles. The standard InChI is InChI=1S/C13H13N3O2S/c14-9-5-3-7-11-12(9)15-13(19-11)8-4-1-2-6-10(8)16(17)18/h1-2,4,6,9H,3,5,7,14H2. The van der Waals surface area contributed by atoms with E-state index in [0.717, 1.165) is 25.0 Å². The average Bonchev–Trinajstić information content (AvgIpc) is 2.84. The number of nitrogens with zero attached hydrogens (tertiary/aromatic N) is 2. The lowest BCUT2D eigenvalue weighted by molar-refractivity contribution is -0.384. The summed E-state index contributed by atoms with van der Waals surface area (Å²) < 4.78 is 0. The summed E-state index contributed by atoms with van der Waals surface area (Å²) in [6, 6.07) is 6.68. The number of aromatic nitrogens is 1. The minimum absolute atomic E-state index is 0.0310. The molecule has 2 N–H and O–H groups in total. The molecule has 1 aromatic carbocycles. The normalized spacial score (nSPS) is 18.1. The van der Waals surface area contributed by atoms with Crippen molar-refractivity contribution in [1.29, 1.82) is 0 Å². The van der Waals surface area contributed by atoms with Gasteiger partial charge >= 0.3 is 0 Å². The zero-order valence-corrected chi connectivity index (χ0v) is 11.0. The molecular formula is C13H13N3O2S. The minimum Gasteiger partial charge on any atom is -0.323 e. The molecule has 0 saturated carbocycles. The lowest BCUT2D eigenvalue weighted by Gasteiger charge is -2.15. The average molecular weight is 275 g/mol. The van der Waals surface area contributed by atoms with Gasteiger partial charge in [-0.3, -0.25) is 10.1 Å². The molecule has 1 heterocycles.